The summed E-state index contributed by atoms with van der Waals surface area (Å²) in [5, 5.41) is 11.1. The van der Waals surface area contributed by atoms with Gasteiger partial charge in [0.05, 0.1) is 17.0 Å². The highest BCUT2D eigenvalue weighted by Crippen LogP contribution is 2.62. The third-order valence-corrected chi connectivity index (χ3v) is 9.13. The largest absolute Gasteiger partial charge is 0.461 e. The van der Waals surface area contributed by atoms with Crippen molar-refractivity contribution in [3.05, 3.63) is 11.6 Å². The third-order valence-electron chi connectivity index (χ3n) is 8.24. The van der Waals surface area contributed by atoms with Gasteiger partial charge in [-0.1, -0.05) is 41.4 Å². The first-order valence-electron chi connectivity index (χ1n) is 10.6. The lowest BCUT2D eigenvalue weighted by Crippen LogP contribution is -2.52. The number of aliphatic hydroxyl groups is 1. The number of esters is 1. The van der Waals surface area contributed by atoms with Crippen molar-refractivity contribution in [3.63, 3.8) is 0 Å². The molecule has 152 valence electrons. The van der Waals surface area contributed by atoms with Gasteiger partial charge in [0.25, 0.3) is 0 Å². The first-order valence-corrected chi connectivity index (χ1v) is 11.6. The minimum Gasteiger partial charge on any atom is -0.461 e. The first kappa shape index (κ1) is 19.9. The zero-order valence-electron chi connectivity index (χ0n) is 16.7. The first-order chi connectivity index (χ1) is 12.9. The van der Waals surface area contributed by atoms with Crippen LogP contribution >= 0.6 is 15.9 Å². The van der Waals surface area contributed by atoms with E-state index in [1.165, 1.54) is 5.57 Å². The van der Waals surface area contributed by atoms with Crippen LogP contribution in [0.2, 0.25) is 0 Å². The van der Waals surface area contributed by atoms with Gasteiger partial charge in [-0.05, 0) is 61.7 Å². The van der Waals surface area contributed by atoms with E-state index in [2.05, 4.69) is 28.9 Å². The molecule has 1 N–H and O–H groups in total. The van der Waals surface area contributed by atoms with Crippen LogP contribution in [0, 0.1) is 29.1 Å². The zero-order valence-corrected chi connectivity index (χ0v) is 18.3. The summed E-state index contributed by atoms with van der Waals surface area (Å²) >= 11 is 3.80. The highest BCUT2D eigenvalue weighted by Gasteiger charge is 2.59. The van der Waals surface area contributed by atoms with Crippen molar-refractivity contribution >= 4 is 21.9 Å². The second-order valence-corrected chi connectivity index (χ2v) is 10.5. The molecule has 0 aromatic rings. The summed E-state index contributed by atoms with van der Waals surface area (Å²) in [5.74, 6) is 1.49. The van der Waals surface area contributed by atoms with Gasteiger partial charge in [0.1, 0.15) is 6.10 Å². The number of hydrogen-bond donors (Lipinski definition) is 1. The molecule has 3 fully saturated rings. The van der Waals surface area contributed by atoms with Crippen molar-refractivity contribution in [2.75, 3.05) is 7.11 Å². The fraction of sp³-hybridized carbons (Fsp3) is 0.864. The number of fused-ring (bicyclic) bond motifs is 5. The van der Waals surface area contributed by atoms with Gasteiger partial charge in [0.2, 0.25) is 0 Å². The Bertz CT molecular complexity index is 619. The number of carbonyl (C=O) groups is 1. The normalized spacial score (nSPS) is 48.9. The predicted octanol–water partition coefficient (Wildman–Crippen LogP) is 4.24. The molecule has 0 aromatic carbocycles. The molecule has 0 spiro atoms. The smallest absolute Gasteiger partial charge is 0.305 e. The van der Waals surface area contributed by atoms with Gasteiger partial charge >= 0.3 is 5.97 Å². The van der Waals surface area contributed by atoms with E-state index >= 15 is 0 Å². The number of aliphatic hydroxyl groups excluding tert-OH is 1. The van der Waals surface area contributed by atoms with E-state index in [1.54, 1.807) is 7.11 Å². The van der Waals surface area contributed by atoms with Gasteiger partial charge in [-0.3, -0.25) is 4.79 Å². The van der Waals surface area contributed by atoms with Gasteiger partial charge in [-0.2, -0.15) is 0 Å². The third kappa shape index (κ3) is 3.22. The summed E-state index contributed by atoms with van der Waals surface area (Å²) in [7, 11) is 1.80. The van der Waals surface area contributed by atoms with E-state index in [9.17, 15) is 9.90 Å². The van der Waals surface area contributed by atoms with Crippen molar-refractivity contribution in [1.82, 2.24) is 0 Å². The molecule has 4 aliphatic carbocycles. The average molecular weight is 441 g/mol. The lowest BCUT2D eigenvalue weighted by Gasteiger charge is -2.56. The molecule has 3 unspecified atom stereocenters. The molecular formula is C22H33BrO4. The summed E-state index contributed by atoms with van der Waals surface area (Å²) in [6.45, 7) is 4.27. The van der Waals surface area contributed by atoms with Gasteiger partial charge < -0.3 is 14.6 Å². The minimum atomic E-state index is -0.387. The van der Waals surface area contributed by atoms with Gasteiger partial charge in [0.15, 0.2) is 0 Å². The van der Waals surface area contributed by atoms with Crippen molar-refractivity contribution in [3.8, 4) is 0 Å². The van der Waals surface area contributed by atoms with Crippen molar-refractivity contribution in [1.29, 1.82) is 0 Å². The summed E-state index contributed by atoms with van der Waals surface area (Å²) in [4.78, 5) is 12.1. The molecule has 9 atom stereocenters. The van der Waals surface area contributed by atoms with Crippen LogP contribution in [-0.4, -0.2) is 41.3 Å². The van der Waals surface area contributed by atoms with Crippen LogP contribution in [0.25, 0.3) is 0 Å². The predicted molar refractivity (Wildman–Crippen MR) is 108 cm³/mol. The van der Waals surface area contributed by atoms with E-state index in [1.807, 2.05) is 6.92 Å². The number of hydrogen-bond acceptors (Lipinski definition) is 4. The Kier molecular flexibility index (Phi) is 5.50. The number of methoxy groups -OCH3 is 1. The Balaban J connectivity index is 1.60. The molecule has 3 saturated carbocycles. The number of rotatable bonds is 3. The maximum Gasteiger partial charge on any atom is 0.305 e. The number of carbonyl (C=O) groups excluding carboxylic acids is 1. The molecule has 0 amide bonds. The molecule has 0 aliphatic heterocycles. The van der Waals surface area contributed by atoms with E-state index in [-0.39, 0.29) is 34.3 Å². The van der Waals surface area contributed by atoms with Gasteiger partial charge in [0, 0.05) is 19.4 Å². The fourth-order valence-corrected chi connectivity index (χ4v) is 7.73. The van der Waals surface area contributed by atoms with Crippen LogP contribution in [0.3, 0.4) is 0 Å². The SMILES string of the molecule is CCC(=O)O[C@H]1[C@H](Br)CC2C3C(CC[C@@H]21)[C@@]1(C)CC[C@H](OC)CC1=C[C@@H]3O. The minimum absolute atomic E-state index is 0.0435. The second kappa shape index (κ2) is 7.46. The van der Waals surface area contributed by atoms with Crippen LogP contribution in [0.1, 0.15) is 58.8 Å². The topological polar surface area (TPSA) is 55.8 Å². The summed E-state index contributed by atoms with van der Waals surface area (Å²) in [6, 6.07) is 0. The van der Waals surface area contributed by atoms with Crippen LogP contribution in [0.15, 0.2) is 11.6 Å². The van der Waals surface area contributed by atoms with Gasteiger partial charge in [-0.15, -0.1) is 0 Å². The molecule has 0 bridgehead atoms. The van der Waals surface area contributed by atoms with Crippen molar-refractivity contribution in [2.45, 2.75) is 81.9 Å². The molecule has 0 heterocycles. The molecule has 4 nitrogen and oxygen atoms in total. The van der Waals surface area contributed by atoms with Crippen molar-refractivity contribution in [2.24, 2.45) is 29.1 Å². The molecule has 27 heavy (non-hydrogen) atoms. The molecule has 4 rings (SSSR count). The quantitative estimate of drug-likeness (QED) is 0.405. The molecule has 5 heteroatoms. The fourth-order valence-electron chi connectivity index (χ4n) is 6.80. The van der Waals surface area contributed by atoms with Crippen molar-refractivity contribution < 1.29 is 19.4 Å². The van der Waals surface area contributed by atoms with E-state index in [0.29, 0.717) is 30.3 Å². The number of alkyl halides is 1. The molecule has 0 radical (unpaired) electrons. The highest BCUT2D eigenvalue weighted by molar-refractivity contribution is 9.09. The van der Waals surface area contributed by atoms with Crippen LogP contribution in [0.5, 0.6) is 0 Å². The Morgan fingerprint density at radius 1 is 1.33 bits per heavy atom. The van der Waals surface area contributed by atoms with Crippen LogP contribution in [-0.2, 0) is 14.3 Å². The number of halogens is 1. The summed E-state index contributed by atoms with van der Waals surface area (Å²) in [6.07, 6.45) is 8.86. The van der Waals surface area contributed by atoms with Gasteiger partial charge in [-0.25, -0.2) is 0 Å². The highest BCUT2D eigenvalue weighted by atomic mass is 79.9. The van der Waals surface area contributed by atoms with E-state index in [0.717, 1.165) is 38.5 Å². The molecule has 0 saturated heterocycles. The maximum absolute atomic E-state index is 11.9. The Hall–Kier alpha value is -0.390. The standard InChI is InChI=1S/C22H33BrO4/c1-4-19(25)27-21-14-5-6-16-20(15(14)11-17(21)23)18(24)10-12-9-13(26-3)7-8-22(12,16)2/h10,13-18,20-21,24H,4-9,11H2,1-3H3/t13-,14-,15?,16?,17+,18-,20?,21+,22-/m0/s1. The Labute approximate surface area is 171 Å². The molecule has 0 aromatic heterocycles. The zero-order chi connectivity index (χ0) is 19.3. The lowest BCUT2D eigenvalue weighted by molar-refractivity contribution is -0.152. The van der Waals surface area contributed by atoms with E-state index < -0.39 is 0 Å². The van der Waals surface area contributed by atoms with Crippen LogP contribution < -0.4 is 0 Å². The Morgan fingerprint density at radius 3 is 2.81 bits per heavy atom. The van der Waals surface area contributed by atoms with Crippen LogP contribution in [0.4, 0.5) is 0 Å². The second-order valence-electron chi connectivity index (χ2n) is 9.35. The maximum atomic E-state index is 11.9. The monoisotopic (exact) mass is 440 g/mol. The molecule has 4 aliphatic rings. The Morgan fingerprint density at radius 2 is 2.11 bits per heavy atom. The molecular weight excluding hydrogens is 408 g/mol. The van der Waals surface area contributed by atoms with E-state index in [4.69, 9.17) is 9.47 Å². The average Bonchev–Trinajstić information content (AvgIpc) is 2.97. The number of ether oxygens (including phenoxy) is 2. The lowest BCUT2D eigenvalue weighted by atomic mass is 9.50. The summed E-state index contributed by atoms with van der Waals surface area (Å²) < 4.78 is 11.4. The summed E-state index contributed by atoms with van der Waals surface area (Å²) in [5.41, 5.74) is 1.60.